The van der Waals surface area contributed by atoms with Gasteiger partial charge in [0.1, 0.15) is 13.2 Å². The predicted molar refractivity (Wildman–Crippen MR) is 140 cm³/mol. The number of alkyl carbamates (subject to hydrolysis) is 2. The van der Waals surface area contributed by atoms with Crippen molar-refractivity contribution in [3.05, 3.63) is 0 Å². The highest BCUT2D eigenvalue weighted by atomic mass is 16.7. The predicted octanol–water partition coefficient (Wildman–Crippen LogP) is 0.0364. The van der Waals surface area contributed by atoms with E-state index in [1.807, 2.05) is 13.8 Å². The van der Waals surface area contributed by atoms with Crippen LogP contribution in [0.25, 0.3) is 0 Å². The minimum atomic E-state index is -1.21. The molecule has 0 aliphatic rings. The Labute approximate surface area is 234 Å². The van der Waals surface area contributed by atoms with Gasteiger partial charge in [0.15, 0.2) is 0 Å². The van der Waals surface area contributed by atoms with E-state index in [0.29, 0.717) is 39.5 Å². The largest absolute Gasteiger partial charge is 0.517 e. The third kappa shape index (κ3) is 25.1. The van der Waals surface area contributed by atoms with Gasteiger partial charge in [-0.05, 0) is 13.3 Å². The molecule has 0 atom stereocenters. The van der Waals surface area contributed by atoms with Gasteiger partial charge in [-0.3, -0.25) is 14.5 Å². The number of amides is 3. The minimum absolute atomic E-state index is 0.0259. The molecule has 16 nitrogen and oxygen atoms in total. The smallest absolute Gasteiger partial charge is 0.465 e. The molecule has 0 aliphatic carbocycles. The van der Waals surface area contributed by atoms with Crippen molar-refractivity contribution in [2.45, 2.75) is 27.2 Å². The summed E-state index contributed by atoms with van der Waals surface area (Å²) >= 11 is 0. The number of esters is 1. The van der Waals surface area contributed by atoms with E-state index in [-0.39, 0.29) is 65.1 Å². The van der Waals surface area contributed by atoms with Crippen LogP contribution in [0.2, 0.25) is 0 Å². The standard InChI is InChI=1S/C24H44N4O12/c1-4-11-38-22(31)26-7-13-35-17-18-36-14-8-27-23(32)40-24(33)39-16-10-28(9-15-37-20(3)29)19-21(30)25-6-12-34-5-2/h4-19H2,1-3H3,(H,25,30)(H,26,31)(H,27,32). The third-order valence-electron chi connectivity index (χ3n) is 4.50. The molecule has 0 radical (unpaired) electrons. The molecule has 0 rings (SSSR count). The molecule has 40 heavy (non-hydrogen) atoms. The number of hydrogen-bond acceptors (Lipinski definition) is 13. The van der Waals surface area contributed by atoms with Crippen LogP contribution in [-0.4, -0.2) is 134 Å². The summed E-state index contributed by atoms with van der Waals surface area (Å²) in [6.45, 7) is 8.24. The Kier molecular flexibility index (Phi) is 23.9. The first-order valence-corrected chi connectivity index (χ1v) is 13.2. The summed E-state index contributed by atoms with van der Waals surface area (Å²) in [7, 11) is 0. The van der Waals surface area contributed by atoms with E-state index < -0.39 is 24.3 Å². The monoisotopic (exact) mass is 580 g/mol. The van der Waals surface area contributed by atoms with Gasteiger partial charge in [-0.25, -0.2) is 14.4 Å². The molecule has 3 N–H and O–H groups in total. The van der Waals surface area contributed by atoms with Gasteiger partial charge in [-0.1, -0.05) is 6.92 Å². The van der Waals surface area contributed by atoms with Gasteiger partial charge in [0, 0.05) is 46.3 Å². The van der Waals surface area contributed by atoms with E-state index >= 15 is 0 Å². The van der Waals surface area contributed by atoms with E-state index in [2.05, 4.69) is 20.7 Å². The van der Waals surface area contributed by atoms with Crippen LogP contribution in [0.4, 0.5) is 14.4 Å². The Balaban J connectivity index is 3.97. The Morgan fingerprint density at radius 1 is 0.625 bits per heavy atom. The molecule has 0 saturated heterocycles. The van der Waals surface area contributed by atoms with Crippen molar-refractivity contribution < 1.29 is 57.1 Å². The van der Waals surface area contributed by atoms with Crippen LogP contribution in [0, 0.1) is 0 Å². The molecule has 232 valence electrons. The lowest BCUT2D eigenvalue weighted by Gasteiger charge is -2.21. The van der Waals surface area contributed by atoms with Crippen molar-refractivity contribution in [3.8, 4) is 0 Å². The second-order valence-corrected chi connectivity index (χ2v) is 7.87. The molecule has 0 aromatic heterocycles. The first-order valence-electron chi connectivity index (χ1n) is 13.2. The fraction of sp³-hybridized carbons (Fsp3) is 0.792. The maximum Gasteiger partial charge on any atom is 0.517 e. The van der Waals surface area contributed by atoms with Gasteiger partial charge < -0.3 is 49.1 Å². The zero-order valence-corrected chi connectivity index (χ0v) is 23.7. The number of nitrogens with zero attached hydrogens (tertiary/aromatic N) is 1. The van der Waals surface area contributed by atoms with E-state index in [4.69, 9.17) is 28.4 Å². The molecule has 0 aromatic carbocycles. The second kappa shape index (κ2) is 26.0. The minimum Gasteiger partial charge on any atom is -0.465 e. The molecule has 0 aromatic rings. The number of rotatable bonds is 23. The summed E-state index contributed by atoms with van der Waals surface area (Å²) in [6.07, 6.45) is -1.96. The maximum absolute atomic E-state index is 12.1. The Morgan fingerprint density at radius 2 is 1.20 bits per heavy atom. The maximum atomic E-state index is 12.1. The van der Waals surface area contributed by atoms with Crippen molar-refractivity contribution in [3.63, 3.8) is 0 Å². The molecule has 3 amide bonds. The summed E-state index contributed by atoms with van der Waals surface area (Å²) < 4.78 is 34.8. The first-order chi connectivity index (χ1) is 19.3. The highest BCUT2D eigenvalue weighted by Crippen LogP contribution is 1.94. The quantitative estimate of drug-likeness (QED) is 0.0636. The van der Waals surface area contributed by atoms with Crippen molar-refractivity contribution in [1.82, 2.24) is 20.9 Å². The van der Waals surface area contributed by atoms with Gasteiger partial charge in [0.05, 0.1) is 46.2 Å². The zero-order chi connectivity index (χ0) is 29.8. The summed E-state index contributed by atoms with van der Waals surface area (Å²) in [6, 6.07) is 0. The Morgan fingerprint density at radius 3 is 1.80 bits per heavy atom. The lowest BCUT2D eigenvalue weighted by atomic mass is 10.4. The van der Waals surface area contributed by atoms with E-state index in [9.17, 15) is 24.0 Å². The van der Waals surface area contributed by atoms with E-state index in [1.165, 1.54) is 6.92 Å². The summed E-state index contributed by atoms with van der Waals surface area (Å²) in [5, 5.41) is 7.57. The van der Waals surface area contributed by atoms with Gasteiger partial charge >= 0.3 is 24.3 Å². The van der Waals surface area contributed by atoms with Crippen molar-refractivity contribution in [2.75, 3.05) is 98.7 Å². The number of carbonyl (C=O) groups is 5. The first kappa shape index (κ1) is 36.8. The molecule has 0 fully saturated rings. The van der Waals surface area contributed by atoms with Crippen molar-refractivity contribution >= 4 is 30.2 Å². The normalized spacial score (nSPS) is 10.5. The highest BCUT2D eigenvalue weighted by molar-refractivity contribution is 5.80. The fourth-order valence-corrected chi connectivity index (χ4v) is 2.67. The fourth-order valence-electron chi connectivity index (χ4n) is 2.67. The molecule has 0 spiro atoms. The summed E-state index contributed by atoms with van der Waals surface area (Å²) in [4.78, 5) is 59.4. The molecule has 0 saturated carbocycles. The average molecular weight is 581 g/mol. The summed E-state index contributed by atoms with van der Waals surface area (Å²) in [5.74, 6) is -0.735. The van der Waals surface area contributed by atoms with Crippen LogP contribution in [0.1, 0.15) is 27.2 Å². The van der Waals surface area contributed by atoms with Gasteiger partial charge in [-0.2, -0.15) is 0 Å². The topological polar surface area (TPSA) is 189 Å². The molecular weight excluding hydrogens is 536 g/mol. The van der Waals surface area contributed by atoms with Crippen molar-refractivity contribution in [2.24, 2.45) is 0 Å². The lowest BCUT2D eigenvalue weighted by Crippen LogP contribution is -2.41. The number of carbonyl (C=O) groups excluding carboxylic acids is 5. The summed E-state index contributed by atoms with van der Waals surface area (Å²) in [5.41, 5.74) is 0. The molecular formula is C24H44N4O12. The highest BCUT2D eigenvalue weighted by Gasteiger charge is 2.15. The van der Waals surface area contributed by atoms with Crippen LogP contribution in [0.15, 0.2) is 0 Å². The van der Waals surface area contributed by atoms with Gasteiger partial charge in [-0.15, -0.1) is 0 Å². The number of nitrogens with one attached hydrogen (secondary N) is 3. The van der Waals surface area contributed by atoms with E-state index in [1.54, 1.807) is 4.90 Å². The number of hydrogen-bond donors (Lipinski definition) is 3. The van der Waals surface area contributed by atoms with Crippen LogP contribution in [0.5, 0.6) is 0 Å². The molecule has 0 unspecified atom stereocenters. The number of ether oxygens (including phenoxy) is 7. The Hall–Kier alpha value is -3.21. The molecule has 0 aliphatic heterocycles. The molecule has 0 bridgehead atoms. The zero-order valence-electron chi connectivity index (χ0n) is 23.7. The van der Waals surface area contributed by atoms with Crippen LogP contribution in [-0.2, 0) is 42.7 Å². The van der Waals surface area contributed by atoms with Crippen LogP contribution < -0.4 is 16.0 Å². The van der Waals surface area contributed by atoms with Crippen molar-refractivity contribution in [1.29, 1.82) is 0 Å². The lowest BCUT2D eigenvalue weighted by molar-refractivity contribution is -0.141. The second-order valence-electron chi connectivity index (χ2n) is 7.87. The average Bonchev–Trinajstić information content (AvgIpc) is 2.90. The van der Waals surface area contributed by atoms with Crippen LogP contribution >= 0.6 is 0 Å². The molecule has 16 heteroatoms. The Bertz CT molecular complexity index is 726. The van der Waals surface area contributed by atoms with E-state index in [0.717, 1.165) is 6.42 Å². The van der Waals surface area contributed by atoms with Gasteiger partial charge in [0.2, 0.25) is 5.91 Å². The third-order valence-corrected chi connectivity index (χ3v) is 4.50. The SMILES string of the molecule is CCCOC(=O)NCCOCCOCCNC(=O)OC(=O)OCCN(CCOC(C)=O)CC(=O)NCCOCC. The van der Waals surface area contributed by atoms with Crippen LogP contribution in [0.3, 0.4) is 0 Å². The molecule has 0 heterocycles. The van der Waals surface area contributed by atoms with Gasteiger partial charge in [0.25, 0.3) is 0 Å².